The number of thiophene rings is 1. The van der Waals surface area contributed by atoms with E-state index in [0.717, 1.165) is 5.56 Å². The number of tetrazole rings is 1. The van der Waals surface area contributed by atoms with E-state index in [4.69, 9.17) is 0 Å². The molecule has 0 bridgehead atoms. The number of hydrogen-bond donors (Lipinski definition) is 1. The summed E-state index contributed by atoms with van der Waals surface area (Å²) < 4.78 is 1.59. The Bertz CT molecular complexity index is 615. The number of nitrogens with zero attached hydrogens (tertiary/aromatic N) is 5. The fourth-order valence-electron chi connectivity index (χ4n) is 1.77. The Kier molecular flexibility index (Phi) is 3.79. The minimum Gasteiger partial charge on any atom is -0.302 e. The number of anilines is 1. The lowest BCUT2D eigenvalue weighted by atomic mass is 10.1. The van der Waals surface area contributed by atoms with E-state index in [1.165, 1.54) is 17.7 Å². The lowest BCUT2D eigenvalue weighted by Gasteiger charge is -2.14. The number of carbonyl (C=O) groups excluding carboxylic acids is 1. The Labute approximate surface area is 122 Å². The average Bonchev–Trinajstić information content (AvgIpc) is 3.18. The summed E-state index contributed by atoms with van der Waals surface area (Å²) >= 11 is 2.96. The monoisotopic (exact) mass is 306 g/mol. The molecule has 0 aromatic carbocycles. The molecule has 102 valence electrons. The zero-order valence-corrected chi connectivity index (χ0v) is 11.8. The van der Waals surface area contributed by atoms with Gasteiger partial charge in [-0.3, -0.25) is 4.79 Å². The van der Waals surface area contributed by atoms with Crippen LogP contribution < -0.4 is 5.32 Å². The van der Waals surface area contributed by atoms with Crippen LogP contribution in [0.5, 0.6) is 0 Å². The lowest BCUT2D eigenvalue weighted by molar-refractivity contribution is -0.116. The van der Waals surface area contributed by atoms with Crippen molar-refractivity contribution in [3.05, 3.63) is 40.3 Å². The summed E-state index contributed by atoms with van der Waals surface area (Å²) in [5.74, 6) is -0.119. The first-order valence-corrected chi connectivity index (χ1v) is 7.59. The summed E-state index contributed by atoms with van der Waals surface area (Å²) in [4.78, 5) is 16.1. The van der Waals surface area contributed by atoms with E-state index in [-0.39, 0.29) is 18.4 Å². The predicted octanol–water partition coefficient (Wildman–Crippen LogP) is 1.81. The highest BCUT2D eigenvalue weighted by Gasteiger charge is 2.20. The number of nitrogens with one attached hydrogen (secondary N) is 1. The van der Waals surface area contributed by atoms with Gasteiger partial charge in [0.15, 0.2) is 5.13 Å². The second-order valence-corrected chi connectivity index (χ2v) is 5.63. The Morgan fingerprint density at radius 3 is 3.05 bits per heavy atom. The second kappa shape index (κ2) is 5.88. The van der Waals surface area contributed by atoms with Crippen molar-refractivity contribution < 1.29 is 4.79 Å². The average molecular weight is 306 g/mol. The molecule has 0 spiro atoms. The predicted molar refractivity (Wildman–Crippen MR) is 75.6 cm³/mol. The van der Waals surface area contributed by atoms with E-state index in [1.54, 1.807) is 22.2 Å². The van der Waals surface area contributed by atoms with Crippen LogP contribution in [-0.4, -0.2) is 31.1 Å². The molecular formula is C11H10N6OS2. The van der Waals surface area contributed by atoms with Gasteiger partial charge < -0.3 is 5.32 Å². The van der Waals surface area contributed by atoms with Crippen LogP contribution in [0.1, 0.15) is 18.0 Å². The highest BCUT2D eigenvalue weighted by molar-refractivity contribution is 7.13. The van der Waals surface area contributed by atoms with Gasteiger partial charge in [-0.25, -0.2) is 9.67 Å². The van der Waals surface area contributed by atoms with Crippen molar-refractivity contribution in [3.8, 4) is 0 Å². The van der Waals surface area contributed by atoms with Crippen molar-refractivity contribution in [2.24, 2.45) is 0 Å². The van der Waals surface area contributed by atoms with E-state index in [9.17, 15) is 4.79 Å². The molecule has 1 N–H and O–H groups in total. The van der Waals surface area contributed by atoms with Crippen LogP contribution in [0.3, 0.4) is 0 Å². The van der Waals surface area contributed by atoms with Crippen LogP contribution in [0.4, 0.5) is 5.13 Å². The molecule has 0 aliphatic carbocycles. The van der Waals surface area contributed by atoms with Gasteiger partial charge in [-0.15, -0.1) is 16.4 Å². The molecule has 20 heavy (non-hydrogen) atoms. The minimum atomic E-state index is -0.212. The topological polar surface area (TPSA) is 85.6 Å². The Hall–Kier alpha value is -2.13. The normalized spacial score (nSPS) is 12.2. The van der Waals surface area contributed by atoms with Gasteiger partial charge in [0.1, 0.15) is 6.33 Å². The fourth-order valence-corrected chi connectivity index (χ4v) is 3.02. The quantitative estimate of drug-likeness (QED) is 0.777. The zero-order chi connectivity index (χ0) is 13.8. The van der Waals surface area contributed by atoms with Gasteiger partial charge in [-0.05, 0) is 32.8 Å². The van der Waals surface area contributed by atoms with Gasteiger partial charge in [-0.2, -0.15) is 11.3 Å². The van der Waals surface area contributed by atoms with E-state index in [1.807, 2.05) is 22.2 Å². The molecule has 0 aliphatic rings. The third-order valence-electron chi connectivity index (χ3n) is 2.67. The third-order valence-corrected chi connectivity index (χ3v) is 4.06. The highest BCUT2D eigenvalue weighted by Crippen LogP contribution is 2.24. The molecule has 3 rings (SSSR count). The minimum absolute atomic E-state index is 0.119. The van der Waals surface area contributed by atoms with Crippen molar-refractivity contribution in [2.45, 2.75) is 12.5 Å². The van der Waals surface area contributed by atoms with E-state index in [2.05, 4.69) is 25.8 Å². The Morgan fingerprint density at radius 2 is 2.40 bits per heavy atom. The molecule has 0 saturated heterocycles. The number of carbonyl (C=O) groups is 1. The number of aromatic nitrogens is 5. The first-order chi connectivity index (χ1) is 9.83. The van der Waals surface area contributed by atoms with Crippen LogP contribution in [0.25, 0.3) is 0 Å². The maximum absolute atomic E-state index is 12.1. The SMILES string of the molecule is O=C(C[C@@H](c1ccsc1)n1cnnn1)Nc1nccs1. The van der Waals surface area contributed by atoms with Crippen LogP contribution in [-0.2, 0) is 4.79 Å². The molecule has 0 fully saturated rings. The van der Waals surface area contributed by atoms with Gasteiger partial charge in [0, 0.05) is 11.6 Å². The standard InChI is InChI=1S/C11H10N6OS2/c18-10(14-11-12-2-4-20-11)5-9(8-1-3-19-6-8)17-7-13-15-16-17/h1-4,6-7,9H,5H2,(H,12,14,18)/t9-/m0/s1. The molecule has 1 amide bonds. The maximum Gasteiger partial charge on any atom is 0.228 e. The lowest BCUT2D eigenvalue weighted by Crippen LogP contribution is -2.20. The van der Waals surface area contributed by atoms with Crippen molar-refractivity contribution in [3.63, 3.8) is 0 Å². The number of thiazole rings is 1. The molecule has 0 saturated carbocycles. The summed E-state index contributed by atoms with van der Waals surface area (Å²) in [6.07, 6.45) is 3.42. The summed E-state index contributed by atoms with van der Waals surface area (Å²) in [5, 5.41) is 20.3. The molecular weight excluding hydrogens is 296 g/mol. The van der Waals surface area contributed by atoms with Crippen LogP contribution >= 0.6 is 22.7 Å². The first-order valence-electron chi connectivity index (χ1n) is 5.77. The largest absolute Gasteiger partial charge is 0.302 e. The molecule has 9 heteroatoms. The summed E-state index contributed by atoms with van der Waals surface area (Å²) in [7, 11) is 0. The Morgan fingerprint density at radius 1 is 1.45 bits per heavy atom. The molecule has 3 aromatic heterocycles. The van der Waals surface area contributed by atoms with Crippen molar-refractivity contribution in [2.75, 3.05) is 5.32 Å². The van der Waals surface area contributed by atoms with E-state index in [0.29, 0.717) is 5.13 Å². The summed E-state index contributed by atoms with van der Waals surface area (Å²) in [6, 6.07) is 1.75. The van der Waals surface area contributed by atoms with E-state index < -0.39 is 0 Å². The van der Waals surface area contributed by atoms with Gasteiger partial charge in [0.25, 0.3) is 0 Å². The second-order valence-electron chi connectivity index (χ2n) is 3.95. The van der Waals surface area contributed by atoms with Crippen LogP contribution in [0, 0.1) is 0 Å². The van der Waals surface area contributed by atoms with Gasteiger partial charge in [0.2, 0.25) is 5.91 Å². The molecule has 0 aliphatic heterocycles. The van der Waals surface area contributed by atoms with Crippen LogP contribution in [0.15, 0.2) is 34.7 Å². The highest BCUT2D eigenvalue weighted by atomic mass is 32.1. The molecule has 7 nitrogen and oxygen atoms in total. The van der Waals surface area contributed by atoms with Gasteiger partial charge >= 0.3 is 0 Å². The maximum atomic E-state index is 12.1. The van der Waals surface area contributed by atoms with Crippen molar-refractivity contribution in [1.82, 2.24) is 25.2 Å². The first kappa shape index (κ1) is 12.9. The molecule has 0 radical (unpaired) electrons. The molecule has 0 unspecified atom stereocenters. The van der Waals surface area contributed by atoms with E-state index >= 15 is 0 Å². The number of hydrogen-bond acceptors (Lipinski definition) is 7. The molecule has 3 aromatic rings. The van der Waals surface area contributed by atoms with Crippen LogP contribution in [0.2, 0.25) is 0 Å². The zero-order valence-electron chi connectivity index (χ0n) is 10.2. The molecule has 1 atom stereocenters. The smallest absolute Gasteiger partial charge is 0.228 e. The van der Waals surface area contributed by atoms with Gasteiger partial charge in [-0.1, -0.05) is 0 Å². The Balaban J connectivity index is 1.75. The number of amides is 1. The number of rotatable bonds is 5. The summed E-state index contributed by atoms with van der Waals surface area (Å²) in [5.41, 5.74) is 1.01. The fraction of sp³-hybridized carbons (Fsp3) is 0.182. The van der Waals surface area contributed by atoms with Crippen molar-refractivity contribution >= 4 is 33.7 Å². The third kappa shape index (κ3) is 2.89. The summed E-state index contributed by atoms with van der Waals surface area (Å²) in [6.45, 7) is 0. The molecule has 3 heterocycles. The van der Waals surface area contributed by atoms with Gasteiger partial charge in [0.05, 0.1) is 12.5 Å². The van der Waals surface area contributed by atoms with Crippen molar-refractivity contribution in [1.29, 1.82) is 0 Å².